The Balaban J connectivity index is 1.90. The summed E-state index contributed by atoms with van der Waals surface area (Å²) in [7, 11) is 5.19. The van der Waals surface area contributed by atoms with Crippen molar-refractivity contribution in [2.45, 2.75) is 26.7 Å². The highest BCUT2D eigenvalue weighted by Gasteiger charge is 2.23. The van der Waals surface area contributed by atoms with Crippen molar-refractivity contribution in [3.8, 4) is 11.5 Å². The Morgan fingerprint density at radius 1 is 1.17 bits per heavy atom. The molecule has 0 saturated carbocycles. The summed E-state index contributed by atoms with van der Waals surface area (Å²) in [6.45, 7) is 7.65. The minimum atomic E-state index is 0.721. The molecule has 1 N–H and O–H groups in total. The predicted molar refractivity (Wildman–Crippen MR) is 99.1 cm³/mol. The molecule has 5 heteroatoms. The number of rotatable bonds is 5. The number of nitrogens with zero attached hydrogens (tertiary/aromatic N) is 2. The van der Waals surface area contributed by atoms with Crippen LogP contribution in [0.5, 0.6) is 11.5 Å². The third-order valence-electron chi connectivity index (χ3n) is 4.52. The van der Waals surface area contributed by atoms with E-state index in [0.29, 0.717) is 0 Å². The molecule has 0 spiro atoms. The summed E-state index contributed by atoms with van der Waals surface area (Å²) in [6.07, 6.45) is 2.22. The van der Waals surface area contributed by atoms with Crippen molar-refractivity contribution in [2.75, 3.05) is 40.9 Å². The van der Waals surface area contributed by atoms with E-state index in [4.69, 9.17) is 9.47 Å². The first-order valence-corrected chi connectivity index (χ1v) is 8.73. The standard InChI is InChI=1S/C19H31N3O2/c1-14-10-15(2)13-22(12-14)19(20-3)21-9-8-16-6-7-17(23-4)18(11-16)24-5/h6-7,11,14-15H,8-10,12-13H2,1-5H3,(H,20,21). The first kappa shape index (κ1) is 18.4. The van der Waals surface area contributed by atoms with Crippen LogP contribution in [0.25, 0.3) is 0 Å². The Kier molecular flexibility index (Phi) is 6.76. The Hall–Kier alpha value is -1.91. The number of piperidine rings is 1. The molecule has 1 heterocycles. The summed E-state index contributed by atoms with van der Waals surface area (Å²) in [5.74, 6) is 3.99. The molecule has 1 aromatic carbocycles. The number of benzene rings is 1. The summed E-state index contributed by atoms with van der Waals surface area (Å²) < 4.78 is 10.7. The molecule has 0 aromatic heterocycles. The monoisotopic (exact) mass is 333 g/mol. The van der Waals surface area contributed by atoms with Gasteiger partial charge in [-0.2, -0.15) is 0 Å². The van der Waals surface area contributed by atoms with Gasteiger partial charge in [0.1, 0.15) is 0 Å². The lowest BCUT2D eigenvalue weighted by Gasteiger charge is -2.37. The number of aliphatic imine (C=N–C) groups is 1. The maximum absolute atomic E-state index is 5.37. The first-order valence-electron chi connectivity index (χ1n) is 8.73. The predicted octanol–water partition coefficient (Wildman–Crippen LogP) is 2.80. The maximum Gasteiger partial charge on any atom is 0.193 e. The fraction of sp³-hybridized carbons (Fsp3) is 0.632. The molecule has 1 saturated heterocycles. The number of hydrogen-bond acceptors (Lipinski definition) is 3. The Morgan fingerprint density at radius 3 is 2.42 bits per heavy atom. The van der Waals surface area contributed by atoms with Gasteiger partial charge in [0.15, 0.2) is 17.5 Å². The second kappa shape index (κ2) is 8.81. The van der Waals surface area contributed by atoms with Gasteiger partial charge in [0.2, 0.25) is 0 Å². The average molecular weight is 333 g/mol. The normalized spacial score (nSPS) is 21.5. The fourth-order valence-electron chi connectivity index (χ4n) is 3.52. The van der Waals surface area contributed by atoms with Crippen molar-refractivity contribution in [1.82, 2.24) is 10.2 Å². The number of nitrogens with one attached hydrogen (secondary N) is 1. The summed E-state index contributed by atoms with van der Waals surface area (Å²) in [5.41, 5.74) is 1.22. The zero-order valence-corrected chi connectivity index (χ0v) is 15.6. The molecule has 5 nitrogen and oxygen atoms in total. The van der Waals surface area contributed by atoms with Crippen LogP contribution >= 0.6 is 0 Å². The highest BCUT2D eigenvalue weighted by atomic mass is 16.5. The number of hydrogen-bond donors (Lipinski definition) is 1. The molecule has 1 fully saturated rings. The van der Waals surface area contributed by atoms with Crippen molar-refractivity contribution in [2.24, 2.45) is 16.8 Å². The second-order valence-corrected chi connectivity index (χ2v) is 6.76. The largest absolute Gasteiger partial charge is 0.493 e. The van der Waals surface area contributed by atoms with Gasteiger partial charge in [-0.3, -0.25) is 4.99 Å². The molecule has 24 heavy (non-hydrogen) atoms. The zero-order chi connectivity index (χ0) is 17.5. The van der Waals surface area contributed by atoms with Crippen molar-refractivity contribution in [3.63, 3.8) is 0 Å². The molecule has 2 atom stereocenters. The van der Waals surface area contributed by atoms with Crippen molar-refractivity contribution < 1.29 is 9.47 Å². The fourth-order valence-corrected chi connectivity index (χ4v) is 3.52. The summed E-state index contributed by atoms with van der Waals surface area (Å²) in [6, 6.07) is 6.07. The Bertz CT molecular complexity index is 550. The Morgan fingerprint density at radius 2 is 1.83 bits per heavy atom. The molecule has 1 aliphatic rings. The van der Waals surface area contributed by atoms with Crippen LogP contribution in [0.4, 0.5) is 0 Å². The van der Waals surface area contributed by atoms with Crippen LogP contribution in [-0.4, -0.2) is 51.8 Å². The van der Waals surface area contributed by atoms with Crippen LogP contribution in [-0.2, 0) is 6.42 Å². The summed E-state index contributed by atoms with van der Waals surface area (Å²) >= 11 is 0. The SMILES string of the molecule is CN=C(NCCc1ccc(OC)c(OC)c1)N1CC(C)CC(C)C1. The van der Waals surface area contributed by atoms with E-state index in [0.717, 1.165) is 55.3 Å². The number of ether oxygens (including phenoxy) is 2. The van der Waals surface area contributed by atoms with E-state index >= 15 is 0 Å². The molecule has 0 aliphatic carbocycles. The number of methoxy groups -OCH3 is 2. The average Bonchev–Trinajstić information content (AvgIpc) is 2.57. The van der Waals surface area contributed by atoms with E-state index in [2.05, 4.69) is 35.1 Å². The summed E-state index contributed by atoms with van der Waals surface area (Å²) in [5, 5.41) is 3.50. The lowest BCUT2D eigenvalue weighted by molar-refractivity contribution is 0.208. The van der Waals surface area contributed by atoms with Gasteiger partial charge in [-0.15, -0.1) is 0 Å². The van der Waals surface area contributed by atoms with Gasteiger partial charge >= 0.3 is 0 Å². The van der Waals surface area contributed by atoms with Crippen molar-refractivity contribution >= 4 is 5.96 Å². The van der Waals surface area contributed by atoms with Crippen LogP contribution in [0.3, 0.4) is 0 Å². The quantitative estimate of drug-likeness (QED) is 0.665. The van der Waals surface area contributed by atoms with Gasteiger partial charge in [0.25, 0.3) is 0 Å². The van der Waals surface area contributed by atoms with Crippen LogP contribution in [0, 0.1) is 11.8 Å². The first-order chi connectivity index (χ1) is 11.6. The van der Waals surface area contributed by atoms with E-state index in [-0.39, 0.29) is 0 Å². The molecule has 1 aliphatic heterocycles. The van der Waals surface area contributed by atoms with Crippen LogP contribution in [0.2, 0.25) is 0 Å². The van der Waals surface area contributed by atoms with Crippen molar-refractivity contribution in [3.05, 3.63) is 23.8 Å². The molecular formula is C19H31N3O2. The lowest BCUT2D eigenvalue weighted by Crippen LogP contribution is -2.48. The summed E-state index contributed by atoms with van der Waals surface area (Å²) in [4.78, 5) is 6.84. The molecule has 0 bridgehead atoms. The number of guanidine groups is 1. The zero-order valence-electron chi connectivity index (χ0n) is 15.6. The molecule has 0 radical (unpaired) electrons. The van der Waals surface area contributed by atoms with E-state index in [1.165, 1.54) is 12.0 Å². The van der Waals surface area contributed by atoms with Gasteiger partial charge < -0.3 is 19.7 Å². The van der Waals surface area contributed by atoms with Gasteiger partial charge in [0.05, 0.1) is 14.2 Å². The van der Waals surface area contributed by atoms with E-state index in [9.17, 15) is 0 Å². The minimum Gasteiger partial charge on any atom is -0.493 e. The lowest BCUT2D eigenvalue weighted by atomic mass is 9.92. The maximum atomic E-state index is 5.37. The smallest absolute Gasteiger partial charge is 0.193 e. The van der Waals surface area contributed by atoms with Gasteiger partial charge in [-0.25, -0.2) is 0 Å². The van der Waals surface area contributed by atoms with Crippen LogP contribution in [0.15, 0.2) is 23.2 Å². The molecule has 134 valence electrons. The molecule has 0 amide bonds. The number of likely N-dealkylation sites (tertiary alicyclic amines) is 1. The molecule has 2 unspecified atom stereocenters. The van der Waals surface area contributed by atoms with Crippen LogP contribution < -0.4 is 14.8 Å². The molecule has 1 aromatic rings. The third-order valence-corrected chi connectivity index (χ3v) is 4.52. The Labute approximate surface area is 146 Å². The van der Waals surface area contributed by atoms with Crippen molar-refractivity contribution in [1.29, 1.82) is 0 Å². The molecular weight excluding hydrogens is 302 g/mol. The van der Waals surface area contributed by atoms with E-state index in [1.807, 2.05) is 19.2 Å². The van der Waals surface area contributed by atoms with Gasteiger partial charge in [-0.1, -0.05) is 19.9 Å². The highest BCUT2D eigenvalue weighted by molar-refractivity contribution is 5.80. The minimum absolute atomic E-state index is 0.721. The van der Waals surface area contributed by atoms with Gasteiger partial charge in [0, 0.05) is 26.7 Å². The van der Waals surface area contributed by atoms with E-state index in [1.54, 1.807) is 14.2 Å². The second-order valence-electron chi connectivity index (χ2n) is 6.76. The van der Waals surface area contributed by atoms with Crippen LogP contribution in [0.1, 0.15) is 25.8 Å². The van der Waals surface area contributed by atoms with Gasteiger partial charge in [-0.05, 0) is 42.4 Å². The topological polar surface area (TPSA) is 46.1 Å². The third kappa shape index (κ3) is 4.79. The molecule has 2 rings (SSSR count). The highest BCUT2D eigenvalue weighted by Crippen LogP contribution is 2.27. The van der Waals surface area contributed by atoms with E-state index < -0.39 is 0 Å².